The molecule has 0 rings (SSSR count). The summed E-state index contributed by atoms with van der Waals surface area (Å²) in [6, 6.07) is 5.03. The topological polar surface area (TPSA) is 85.0 Å². The smallest absolute Gasteiger partial charge is 0.212 e. The molecule has 0 aromatic rings. The summed E-state index contributed by atoms with van der Waals surface area (Å²) in [4.78, 5) is 0. The number of hydrogen-bond acceptors (Lipinski definition) is 4. The van der Waals surface area contributed by atoms with E-state index in [9.17, 15) is 8.42 Å². The molecular formula is C17H33N3O2SSi. The molecule has 0 saturated carbocycles. The Morgan fingerprint density at radius 1 is 0.833 bits per heavy atom. The Kier molecular flexibility index (Phi) is 12.0. The summed E-state index contributed by atoms with van der Waals surface area (Å²) in [7, 11) is -4.59. The molecular weight excluding hydrogens is 338 g/mol. The quantitative estimate of drug-likeness (QED) is 0.339. The Balaban J connectivity index is 4.53. The fraction of sp³-hybridized carbons (Fsp3) is 0.882. The van der Waals surface area contributed by atoms with Crippen LogP contribution in [-0.2, 0) is 10.0 Å². The Labute approximate surface area is 149 Å². The second-order valence-electron chi connectivity index (χ2n) is 7.46. The van der Waals surface area contributed by atoms with E-state index in [1.165, 1.54) is 0 Å². The third kappa shape index (κ3) is 12.5. The first-order chi connectivity index (χ1) is 11.2. The van der Waals surface area contributed by atoms with Crippen LogP contribution < -0.4 is 0 Å². The molecule has 0 atom stereocenters. The summed E-state index contributed by atoms with van der Waals surface area (Å²) in [6.45, 7) is 7.68. The van der Waals surface area contributed by atoms with Crippen molar-refractivity contribution in [3.63, 3.8) is 0 Å². The average molecular weight is 372 g/mol. The highest BCUT2D eigenvalue weighted by molar-refractivity contribution is 7.89. The van der Waals surface area contributed by atoms with E-state index in [0.29, 0.717) is 25.9 Å². The van der Waals surface area contributed by atoms with Crippen LogP contribution in [0, 0.1) is 22.7 Å². The van der Waals surface area contributed by atoms with Gasteiger partial charge in [-0.3, -0.25) is 0 Å². The number of nitrogens with zero attached hydrogens (tertiary/aromatic N) is 3. The zero-order chi connectivity index (χ0) is 18.5. The van der Waals surface area contributed by atoms with E-state index in [2.05, 4.69) is 31.8 Å². The molecule has 0 aliphatic rings. The maximum Gasteiger partial charge on any atom is 0.213 e. The summed E-state index contributed by atoms with van der Waals surface area (Å²) in [6.07, 6.45) is 6.15. The number of hydrogen-bond donors (Lipinski definition) is 0. The lowest BCUT2D eigenvalue weighted by atomic mass is 10.2. The van der Waals surface area contributed by atoms with Gasteiger partial charge in [0.15, 0.2) is 0 Å². The number of unbranched alkanes of at least 4 members (excludes halogenated alkanes) is 6. The van der Waals surface area contributed by atoms with Gasteiger partial charge in [-0.2, -0.15) is 10.5 Å². The minimum Gasteiger partial charge on any atom is -0.212 e. The summed E-state index contributed by atoms with van der Waals surface area (Å²) in [5.74, 6) is 0.249. The fourth-order valence-corrected chi connectivity index (χ4v) is 6.85. The van der Waals surface area contributed by atoms with E-state index in [4.69, 9.17) is 10.5 Å². The molecule has 0 aromatic carbocycles. The highest BCUT2D eigenvalue weighted by Gasteiger charge is 2.24. The van der Waals surface area contributed by atoms with Crippen LogP contribution in [0.15, 0.2) is 0 Å². The van der Waals surface area contributed by atoms with E-state index in [1.54, 1.807) is 4.31 Å². The van der Waals surface area contributed by atoms with Crippen molar-refractivity contribution in [3.8, 4) is 12.1 Å². The summed E-state index contributed by atoms with van der Waals surface area (Å²) in [5, 5.41) is 17.1. The molecule has 138 valence electrons. The van der Waals surface area contributed by atoms with Crippen molar-refractivity contribution < 1.29 is 8.42 Å². The van der Waals surface area contributed by atoms with Crippen LogP contribution >= 0.6 is 0 Å². The van der Waals surface area contributed by atoms with Gasteiger partial charge in [0.25, 0.3) is 0 Å². The van der Waals surface area contributed by atoms with Gasteiger partial charge in [-0.05, 0) is 31.7 Å². The normalized spacial score (nSPS) is 12.1. The standard InChI is InChI=1S/C17H33N3O2SSi/c1-24(2,3)17-16-23(21,22)20(14-10-6-4-8-12-18)15-11-7-5-9-13-19/h4-11,14-17H2,1-3H3. The van der Waals surface area contributed by atoms with Crippen LogP contribution in [-0.4, -0.2) is 39.6 Å². The molecule has 0 N–H and O–H groups in total. The van der Waals surface area contributed by atoms with Crippen molar-refractivity contribution in [2.45, 2.75) is 77.1 Å². The lowest BCUT2D eigenvalue weighted by molar-refractivity contribution is 0.387. The van der Waals surface area contributed by atoms with E-state index in [-0.39, 0.29) is 5.75 Å². The molecule has 0 aliphatic heterocycles. The molecule has 0 bridgehead atoms. The Hall–Kier alpha value is -0.893. The van der Waals surface area contributed by atoms with Crippen molar-refractivity contribution in [2.24, 2.45) is 0 Å². The molecule has 0 radical (unpaired) electrons. The second-order valence-corrected chi connectivity index (χ2v) is 15.2. The first-order valence-corrected chi connectivity index (χ1v) is 14.3. The molecule has 0 amide bonds. The first kappa shape index (κ1) is 23.1. The molecule has 0 saturated heterocycles. The van der Waals surface area contributed by atoms with E-state index in [0.717, 1.165) is 44.6 Å². The monoisotopic (exact) mass is 371 g/mol. The maximum absolute atomic E-state index is 12.7. The van der Waals surface area contributed by atoms with Gasteiger partial charge in [0.1, 0.15) is 0 Å². The van der Waals surface area contributed by atoms with E-state index < -0.39 is 18.1 Å². The molecule has 0 heterocycles. The minimum absolute atomic E-state index is 0.249. The van der Waals surface area contributed by atoms with Crippen LogP contribution in [0.1, 0.15) is 51.4 Å². The minimum atomic E-state index is -3.20. The number of sulfonamides is 1. The molecule has 0 spiro atoms. The molecule has 0 fully saturated rings. The van der Waals surface area contributed by atoms with Crippen molar-refractivity contribution >= 4 is 18.1 Å². The zero-order valence-electron chi connectivity index (χ0n) is 15.6. The lowest BCUT2D eigenvalue weighted by Crippen LogP contribution is -2.37. The Morgan fingerprint density at radius 2 is 1.29 bits per heavy atom. The lowest BCUT2D eigenvalue weighted by Gasteiger charge is -2.24. The van der Waals surface area contributed by atoms with Crippen molar-refractivity contribution in [2.75, 3.05) is 18.8 Å². The van der Waals surface area contributed by atoms with Crippen LogP contribution in [0.2, 0.25) is 25.7 Å². The van der Waals surface area contributed by atoms with Crippen molar-refractivity contribution in [3.05, 3.63) is 0 Å². The van der Waals surface area contributed by atoms with Gasteiger partial charge < -0.3 is 0 Å². The molecule has 5 nitrogen and oxygen atoms in total. The number of rotatable bonds is 14. The third-order valence-corrected chi connectivity index (χ3v) is 7.88. The summed E-state index contributed by atoms with van der Waals surface area (Å²) in [5.41, 5.74) is 0. The molecule has 0 aromatic heterocycles. The van der Waals surface area contributed by atoms with Gasteiger partial charge in [-0.1, -0.05) is 32.5 Å². The van der Waals surface area contributed by atoms with Crippen LogP contribution in [0.4, 0.5) is 0 Å². The Bertz CT molecular complexity index is 491. The van der Waals surface area contributed by atoms with Gasteiger partial charge in [-0.25, -0.2) is 12.7 Å². The molecule has 7 heteroatoms. The number of nitriles is 2. The third-order valence-electron chi connectivity index (χ3n) is 3.90. The predicted molar refractivity (Wildman–Crippen MR) is 102 cm³/mol. The van der Waals surface area contributed by atoms with Crippen LogP contribution in [0.5, 0.6) is 0 Å². The van der Waals surface area contributed by atoms with E-state index in [1.807, 2.05) is 0 Å². The van der Waals surface area contributed by atoms with Gasteiger partial charge in [0.2, 0.25) is 10.0 Å². The van der Waals surface area contributed by atoms with Gasteiger partial charge in [0, 0.05) is 34.0 Å². The molecule has 0 aliphatic carbocycles. The fourth-order valence-electron chi connectivity index (χ4n) is 2.29. The Morgan fingerprint density at radius 3 is 1.67 bits per heavy atom. The van der Waals surface area contributed by atoms with E-state index >= 15 is 0 Å². The molecule has 24 heavy (non-hydrogen) atoms. The molecule has 0 unspecified atom stereocenters. The maximum atomic E-state index is 12.7. The highest BCUT2D eigenvalue weighted by atomic mass is 32.2. The average Bonchev–Trinajstić information content (AvgIpc) is 2.50. The summed E-state index contributed by atoms with van der Waals surface area (Å²) < 4.78 is 27.0. The SMILES string of the molecule is C[Si](C)(C)CCS(=O)(=O)N(CCCCCC#N)CCCCCC#N. The zero-order valence-corrected chi connectivity index (χ0v) is 17.4. The summed E-state index contributed by atoms with van der Waals surface area (Å²) >= 11 is 0. The van der Waals surface area contributed by atoms with Crippen LogP contribution in [0.25, 0.3) is 0 Å². The van der Waals surface area contributed by atoms with Crippen molar-refractivity contribution in [1.82, 2.24) is 4.31 Å². The van der Waals surface area contributed by atoms with Gasteiger partial charge >= 0.3 is 0 Å². The second kappa shape index (κ2) is 12.5. The van der Waals surface area contributed by atoms with Gasteiger partial charge in [-0.15, -0.1) is 0 Å². The van der Waals surface area contributed by atoms with Crippen molar-refractivity contribution in [1.29, 1.82) is 10.5 Å². The van der Waals surface area contributed by atoms with Gasteiger partial charge in [0.05, 0.1) is 17.9 Å². The highest BCUT2D eigenvalue weighted by Crippen LogP contribution is 2.15. The van der Waals surface area contributed by atoms with Crippen LogP contribution in [0.3, 0.4) is 0 Å². The predicted octanol–water partition coefficient (Wildman–Crippen LogP) is 4.12. The largest absolute Gasteiger partial charge is 0.213 e. The first-order valence-electron chi connectivity index (χ1n) is 8.94.